The van der Waals surface area contributed by atoms with Crippen LogP contribution < -0.4 is 4.74 Å². The molecule has 1 nitrogen and oxygen atoms in total. The molecule has 0 fully saturated rings. The van der Waals surface area contributed by atoms with Gasteiger partial charge in [-0.1, -0.05) is 140 Å². The largest absolute Gasteiger partial charge is 0.461 e. The average Bonchev–Trinajstić information content (AvgIpc) is 3.75. The molecule has 2 atom stereocenters. The van der Waals surface area contributed by atoms with Crippen LogP contribution in [0.2, 0.25) is 0 Å². The van der Waals surface area contributed by atoms with Crippen molar-refractivity contribution in [3.8, 4) is 39.1 Å². The van der Waals surface area contributed by atoms with Gasteiger partial charge in [-0.15, -0.1) is 0 Å². The summed E-state index contributed by atoms with van der Waals surface area (Å²) < 4.78 is 6.59. The minimum atomic E-state index is 0.244. The third-order valence-corrected chi connectivity index (χ3v) is 10.7. The Labute approximate surface area is 275 Å². The second-order valence-corrected chi connectivity index (χ2v) is 13.2. The van der Waals surface area contributed by atoms with Crippen molar-refractivity contribution in [1.29, 1.82) is 0 Å². The predicted octanol–water partition coefficient (Wildman–Crippen LogP) is 12.2. The summed E-state index contributed by atoms with van der Waals surface area (Å²) in [5, 5.41) is 5.11. The standard InChI is InChI=1S/C46H32O/c1-28-43-33-20-11-14-32(33)26-39(40(43)27-42-44(28)38-19-9-10-21-41(38)47-42)46-36-17-7-5-15-34(36)45(35-16-6-8-18-37(35)46)31-24-22-30(23-25-31)29-12-3-2-4-13-29/h2-19,21-28,44H,20H2,1H3. The lowest BCUT2D eigenvalue weighted by molar-refractivity contribution is 0.415. The molecule has 3 aliphatic rings. The van der Waals surface area contributed by atoms with Gasteiger partial charge in [-0.3, -0.25) is 0 Å². The third-order valence-electron chi connectivity index (χ3n) is 10.7. The minimum absolute atomic E-state index is 0.244. The molecule has 0 amide bonds. The molecule has 1 heteroatoms. The van der Waals surface area contributed by atoms with Crippen LogP contribution in [0.5, 0.6) is 5.75 Å². The molecule has 0 spiro atoms. The molecule has 7 aromatic rings. The van der Waals surface area contributed by atoms with Gasteiger partial charge in [0, 0.05) is 5.56 Å². The van der Waals surface area contributed by atoms with Crippen molar-refractivity contribution < 1.29 is 4.74 Å². The Morgan fingerprint density at radius 1 is 0.596 bits per heavy atom. The molecule has 2 aliphatic carbocycles. The molecule has 0 saturated carbocycles. The van der Waals surface area contributed by atoms with Crippen LogP contribution >= 0.6 is 0 Å². The second kappa shape index (κ2) is 10.2. The van der Waals surface area contributed by atoms with Crippen LogP contribution in [0.3, 0.4) is 0 Å². The number of para-hydroxylation sites is 1. The van der Waals surface area contributed by atoms with E-state index in [1.165, 1.54) is 82.7 Å². The van der Waals surface area contributed by atoms with Gasteiger partial charge in [-0.25, -0.2) is 0 Å². The molecule has 7 aromatic carbocycles. The summed E-state index contributed by atoms with van der Waals surface area (Å²) in [7, 11) is 0. The van der Waals surface area contributed by atoms with E-state index in [4.69, 9.17) is 4.74 Å². The normalized spacial score (nSPS) is 17.2. The fourth-order valence-electron chi connectivity index (χ4n) is 8.65. The van der Waals surface area contributed by atoms with Crippen LogP contribution in [-0.4, -0.2) is 0 Å². The number of allylic oxidation sites excluding steroid dienone is 2. The highest BCUT2D eigenvalue weighted by Gasteiger charge is 2.40. The van der Waals surface area contributed by atoms with Gasteiger partial charge >= 0.3 is 0 Å². The zero-order valence-electron chi connectivity index (χ0n) is 26.2. The molecule has 47 heavy (non-hydrogen) atoms. The van der Waals surface area contributed by atoms with Gasteiger partial charge < -0.3 is 4.74 Å². The van der Waals surface area contributed by atoms with Crippen LogP contribution in [0.15, 0.2) is 145 Å². The number of rotatable bonds is 3. The van der Waals surface area contributed by atoms with E-state index >= 15 is 0 Å². The molecule has 0 radical (unpaired) electrons. The summed E-state index contributed by atoms with van der Waals surface area (Å²) in [6.07, 6.45) is 8.02. The number of fused-ring (bicyclic) bond motifs is 8. The monoisotopic (exact) mass is 600 g/mol. The maximum atomic E-state index is 6.59. The van der Waals surface area contributed by atoms with E-state index in [1.54, 1.807) is 0 Å². The first-order valence-electron chi connectivity index (χ1n) is 16.7. The van der Waals surface area contributed by atoms with E-state index in [0.29, 0.717) is 5.92 Å². The highest BCUT2D eigenvalue weighted by molar-refractivity contribution is 6.22. The Morgan fingerprint density at radius 2 is 1.19 bits per heavy atom. The van der Waals surface area contributed by atoms with Crippen molar-refractivity contribution in [3.63, 3.8) is 0 Å². The molecule has 222 valence electrons. The Balaban J connectivity index is 1.24. The Hall–Kier alpha value is -5.66. The maximum absolute atomic E-state index is 6.59. The summed E-state index contributed by atoms with van der Waals surface area (Å²) in [6, 6.07) is 48.8. The average molecular weight is 601 g/mol. The van der Waals surface area contributed by atoms with Gasteiger partial charge in [-0.2, -0.15) is 0 Å². The van der Waals surface area contributed by atoms with E-state index in [2.05, 4.69) is 159 Å². The zero-order valence-corrected chi connectivity index (χ0v) is 26.2. The topological polar surface area (TPSA) is 9.23 Å². The van der Waals surface area contributed by atoms with Gasteiger partial charge in [0.15, 0.2) is 0 Å². The summed E-state index contributed by atoms with van der Waals surface area (Å²) in [4.78, 5) is 0. The molecule has 10 rings (SSSR count). The SMILES string of the molecule is CC1c2c(c(-c3c4ccccc4c(-c4ccc(-c5ccccc5)cc4)c4ccccc34)cc3c2CC=C3)C=C2Oc3ccccc3C21. The lowest BCUT2D eigenvalue weighted by Gasteiger charge is -2.31. The first-order valence-corrected chi connectivity index (χ1v) is 16.7. The van der Waals surface area contributed by atoms with E-state index in [1.807, 2.05) is 0 Å². The van der Waals surface area contributed by atoms with Crippen molar-refractivity contribution in [3.05, 3.63) is 173 Å². The molecule has 0 saturated heterocycles. The van der Waals surface area contributed by atoms with E-state index in [9.17, 15) is 0 Å². The lowest BCUT2D eigenvalue weighted by Crippen LogP contribution is -2.17. The molecular weight excluding hydrogens is 569 g/mol. The number of hydrogen-bond acceptors (Lipinski definition) is 1. The molecule has 2 unspecified atom stereocenters. The predicted molar refractivity (Wildman–Crippen MR) is 197 cm³/mol. The summed E-state index contributed by atoms with van der Waals surface area (Å²) in [5.74, 6) is 2.62. The second-order valence-electron chi connectivity index (χ2n) is 13.2. The molecule has 0 aromatic heterocycles. The van der Waals surface area contributed by atoms with Gasteiger partial charge in [0.25, 0.3) is 0 Å². The zero-order chi connectivity index (χ0) is 31.1. The van der Waals surface area contributed by atoms with Gasteiger partial charge in [0.2, 0.25) is 0 Å². The van der Waals surface area contributed by atoms with Crippen LogP contribution in [0.25, 0.3) is 67.1 Å². The minimum Gasteiger partial charge on any atom is -0.461 e. The van der Waals surface area contributed by atoms with Crippen molar-refractivity contribution in [2.24, 2.45) is 0 Å². The smallest absolute Gasteiger partial charge is 0.130 e. The highest BCUT2D eigenvalue weighted by Crippen LogP contribution is 2.56. The van der Waals surface area contributed by atoms with Crippen LogP contribution in [0, 0.1) is 0 Å². The van der Waals surface area contributed by atoms with Gasteiger partial charge in [-0.05, 0) is 108 Å². The summed E-state index contributed by atoms with van der Waals surface area (Å²) in [5.41, 5.74) is 14.5. The number of hydrogen-bond donors (Lipinski definition) is 0. The Morgan fingerprint density at radius 3 is 1.91 bits per heavy atom. The molecule has 1 heterocycles. The maximum Gasteiger partial charge on any atom is 0.130 e. The van der Waals surface area contributed by atoms with Crippen molar-refractivity contribution >= 4 is 33.7 Å². The number of ether oxygens (including phenoxy) is 1. The summed E-state index contributed by atoms with van der Waals surface area (Å²) >= 11 is 0. The fourth-order valence-corrected chi connectivity index (χ4v) is 8.65. The summed E-state index contributed by atoms with van der Waals surface area (Å²) in [6.45, 7) is 2.41. The Bertz CT molecular complexity index is 2400. The highest BCUT2D eigenvalue weighted by atomic mass is 16.5. The number of benzene rings is 7. The third kappa shape index (κ3) is 3.90. The van der Waals surface area contributed by atoms with Gasteiger partial charge in [0.1, 0.15) is 11.5 Å². The first-order chi connectivity index (χ1) is 23.2. The van der Waals surface area contributed by atoms with E-state index in [-0.39, 0.29) is 5.92 Å². The fraction of sp³-hybridized carbons (Fsp3) is 0.0870. The van der Waals surface area contributed by atoms with Crippen molar-refractivity contribution in [2.45, 2.75) is 25.2 Å². The van der Waals surface area contributed by atoms with Crippen LogP contribution in [0.4, 0.5) is 0 Å². The van der Waals surface area contributed by atoms with E-state index < -0.39 is 0 Å². The van der Waals surface area contributed by atoms with Crippen molar-refractivity contribution in [1.82, 2.24) is 0 Å². The molecule has 0 N–H and O–H groups in total. The van der Waals surface area contributed by atoms with Crippen LogP contribution in [0.1, 0.15) is 46.6 Å². The van der Waals surface area contributed by atoms with Crippen LogP contribution in [-0.2, 0) is 6.42 Å². The Kier molecular flexibility index (Phi) is 5.75. The lowest BCUT2D eigenvalue weighted by atomic mass is 9.71. The van der Waals surface area contributed by atoms with Gasteiger partial charge in [0.05, 0.1) is 5.92 Å². The van der Waals surface area contributed by atoms with E-state index in [0.717, 1.165) is 17.9 Å². The first kappa shape index (κ1) is 26.5. The molecule has 0 bridgehead atoms. The quantitative estimate of drug-likeness (QED) is 0.183. The molecular formula is C46H32O. The van der Waals surface area contributed by atoms with Crippen molar-refractivity contribution in [2.75, 3.05) is 0 Å². The molecule has 1 aliphatic heterocycles.